The lowest BCUT2D eigenvalue weighted by atomic mass is 9.94. The number of aliphatic hydroxyl groups is 1. The Balaban J connectivity index is 2.55. The van der Waals surface area contributed by atoms with Crippen molar-refractivity contribution in [1.29, 1.82) is 0 Å². The summed E-state index contributed by atoms with van der Waals surface area (Å²) in [6.45, 7) is 3.93. The van der Waals surface area contributed by atoms with Gasteiger partial charge < -0.3 is 15.5 Å². The molecule has 3 unspecified atom stereocenters. The van der Waals surface area contributed by atoms with Gasteiger partial charge in [0.15, 0.2) is 0 Å². The molecule has 0 bridgehead atoms. The fraction of sp³-hybridized carbons (Fsp3) is 0.846. The highest BCUT2D eigenvalue weighted by molar-refractivity contribution is 5.85. The average molecular weight is 257 g/mol. The van der Waals surface area contributed by atoms with E-state index in [9.17, 15) is 14.7 Å². The monoisotopic (exact) mass is 257 g/mol. The second-order valence-electron chi connectivity index (χ2n) is 5.50. The van der Waals surface area contributed by atoms with Crippen LogP contribution in [0.1, 0.15) is 39.5 Å². The molecule has 0 heterocycles. The van der Waals surface area contributed by atoms with E-state index < -0.39 is 17.8 Å². The van der Waals surface area contributed by atoms with Crippen LogP contribution in [-0.2, 0) is 9.59 Å². The summed E-state index contributed by atoms with van der Waals surface area (Å²) >= 11 is 0. The number of carbonyl (C=O) groups excluding carboxylic acids is 1. The van der Waals surface area contributed by atoms with Crippen LogP contribution in [0.15, 0.2) is 0 Å². The molecule has 1 amide bonds. The van der Waals surface area contributed by atoms with Crippen LogP contribution >= 0.6 is 0 Å². The third-order valence-corrected chi connectivity index (χ3v) is 3.49. The van der Waals surface area contributed by atoms with E-state index in [0.29, 0.717) is 25.2 Å². The van der Waals surface area contributed by atoms with E-state index in [0.717, 1.165) is 6.42 Å². The van der Waals surface area contributed by atoms with Crippen molar-refractivity contribution < 1.29 is 19.8 Å². The standard InChI is InChI=1S/C13H23NO4/c1-8(2)6-9(7-15)14-12(16)10-4-3-5-11(10)13(17)18/h8-11,15H,3-7H2,1-2H3,(H,14,16)(H,17,18). The highest BCUT2D eigenvalue weighted by atomic mass is 16.4. The van der Waals surface area contributed by atoms with Crippen LogP contribution in [0.25, 0.3) is 0 Å². The van der Waals surface area contributed by atoms with Crippen LogP contribution in [0, 0.1) is 17.8 Å². The first-order valence-corrected chi connectivity index (χ1v) is 6.59. The first-order chi connectivity index (χ1) is 8.45. The zero-order valence-electron chi connectivity index (χ0n) is 11.1. The molecular formula is C13H23NO4. The largest absolute Gasteiger partial charge is 0.481 e. The van der Waals surface area contributed by atoms with Crippen molar-refractivity contribution in [2.24, 2.45) is 17.8 Å². The molecule has 18 heavy (non-hydrogen) atoms. The topological polar surface area (TPSA) is 86.6 Å². The van der Waals surface area contributed by atoms with Crippen LogP contribution in [0.4, 0.5) is 0 Å². The van der Waals surface area contributed by atoms with Gasteiger partial charge in [-0.2, -0.15) is 0 Å². The number of amides is 1. The van der Waals surface area contributed by atoms with Gasteiger partial charge in [0.05, 0.1) is 24.5 Å². The molecule has 3 atom stereocenters. The summed E-state index contributed by atoms with van der Waals surface area (Å²) in [6, 6.07) is -0.271. The molecule has 0 aliphatic heterocycles. The van der Waals surface area contributed by atoms with Crippen LogP contribution in [0.2, 0.25) is 0 Å². The van der Waals surface area contributed by atoms with Gasteiger partial charge in [0, 0.05) is 0 Å². The van der Waals surface area contributed by atoms with E-state index in [1.165, 1.54) is 0 Å². The SMILES string of the molecule is CC(C)CC(CO)NC(=O)C1CCCC1C(=O)O. The van der Waals surface area contributed by atoms with Crippen molar-refractivity contribution >= 4 is 11.9 Å². The Morgan fingerprint density at radius 3 is 2.39 bits per heavy atom. The van der Waals surface area contributed by atoms with E-state index in [-0.39, 0.29) is 18.6 Å². The van der Waals surface area contributed by atoms with Crippen LogP contribution in [0.3, 0.4) is 0 Å². The number of hydrogen-bond acceptors (Lipinski definition) is 3. The molecule has 0 radical (unpaired) electrons. The zero-order chi connectivity index (χ0) is 13.7. The van der Waals surface area contributed by atoms with Gasteiger partial charge in [0.2, 0.25) is 5.91 Å². The van der Waals surface area contributed by atoms with Crippen LogP contribution in [0.5, 0.6) is 0 Å². The quantitative estimate of drug-likeness (QED) is 0.663. The summed E-state index contributed by atoms with van der Waals surface area (Å²) in [4.78, 5) is 23.0. The molecule has 1 fully saturated rings. The summed E-state index contributed by atoms with van der Waals surface area (Å²) < 4.78 is 0. The number of nitrogens with one attached hydrogen (secondary N) is 1. The first-order valence-electron chi connectivity index (χ1n) is 6.59. The molecule has 3 N–H and O–H groups in total. The summed E-state index contributed by atoms with van der Waals surface area (Å²) in [6.07, 6.45) is 2.68. The number of hydrogen-bond donors (Lipinski definition) is 3. The minimum absolute atomic E-state index is 0.103. The predicted molar refractivity (Wildman–Crippen MR) is 66.9 cm³/mol. The Hall–Kier alpha value is -1.10. The molecular weight excluding hydrogens is 234 g/mol. The molecule has 0 aromatic carbocycles. The fourth-order valence-corrected chi connectivity index (χ4v) is 2.63. The highest BCUT2D eigenvalue weighted by Gasteiger charge is 2.38. The number of aliphatic hydroxyl groups excluding tert-OH is 1. The first kappa shape index (κ1) is 15.0. The van der Waals surface area contributed by atoms with Crippen molar-refractivity contribution in [2.75, 3.05) is 6.61 Å². The third-order valence-electron chi connectivity index (χ3n) is 3.49. The molecule has 0 saturated heterocycles. The summed E-state index contributed by atoms with van der Waals surface area (Å²) in [5, 5.41) is 21.0. The van der Waals surface area contributed by atoms with Crippen molar-refractivity contribution in [3.63, 3.8) is 0 Å². The predicted octanol–water partition coefficient (Wildman–Crippen LogP) is 1.01. The van der Waals surface area contributed by atoms with Crippen LogP contribution in [-0.4, -0.2) is 34.7 Å². The number of carboxylic acids is 1. The lowest BCUT2D eigenvalue weighted by molar-refractivity contribution is -0.146. The van der Waals surface area contributed by atoms with Gasteiger partial charge in [-0.25, -0.2) is 0 Å². The van der Waals surface area contributed by atoms with Gasteiger partial charge in [0.25, 0.3) is 0 Å². The highest BCUT2D eigenvalue weighted by Crippen LogP contribution is 2.32. The molecule has 1 rings (SSSR count). The third kappa shape index (κ3) is 3.98. The molecule has 0 aromatic rings. The van der Waals surface area contributed by atoms with Crippen molar-refractivity contribution in [1.82, 2.24) is 5.32 Å². The maximum Gasteiger partial charge on any atom is 0.307 e. The molecule has 0 aromatic heterocycles. The summed E-state index contributed by atoms with van der Waals surface area (Å²) in [5.74, 6) is -1.75. The van der Waals surface area contributed by atoms with Crippen molar-refractivity contribution in [3.05, 3.63) is 0 Å². The molecule has 1 aliphatic carbocycles. The van der Waals surface area contributed by atoms with E-state index in [2.05, 4.69) is 5.32 Å². The summed E-state index contributed by atoms with van der Waals surface area (Å²) in [7, 11) is 0. The van der Waals surface area contributed by atoms with E-state index in [1.807, 2.05) is 13.8 Å². The Morgan fingerprint density at radius 2 is 1.89 bits per heavy atom. The summed E-state index contributed by atoms with van der Waals surface area (Å²) in [5.41, 5.74) is 0. The number of carboxylic acid groups (broad SMARTS) is 1. The van der Waals surface area contributed by atoms with E-state index >= 15 is 0 Å². The van der Waals surface area contributed by atoms with Gasteiger partial charge in [-0.1, -0.05) is 20.3 Å². The minimum Gasteiger partial charge on any atom is -0.481 e. The normalized spacial score (nSPS) is 25.1. The molecule has 0 spiro atoms. The maximum atomic E-state index is 12.0. The average Bonchev–Trinajstić information content (AvgIpc) is 2.76. The van der Waals surface area contributed by atoms with E-state index in [1.54, 1.807) is 0 Å². The number of rotatable bonds is 6. The van der Waals surface area contributed by atoms with Crippen molar-refractivity contribution in [2.45, 2.75) is 45.6 Å². The smallest absolute Gasteiger partial charge is 0.307 e. The molecule has 1 aliphatic rings. The zero-order valence-corrected chi connectivity index (χ0v) is 11.1. The van der Waals surface area contributed by atoms with Gasteiger partial charge >= 0.3 is 5.97 Å². The lowest BCUT2D eigenvalue weighted by Crippen LogP contribution is -2.43. The van der Waals surface area contributed by atoms with Gasteiger partial charge in [0.1, 0.15) is 0 Å². The molecule has 5 heteroatoms. The Kier molecular flexibility index (Phi) is 5.59. The van der Waals surface area contributed by atoms with Crippen LogP contribution < -0.4 is 5.32 Å². The Morgan fingerprint density at radius 1 is 1.28 bits per heavy atom. The van der Waals surface area contributed by atoms with Crippen molar-refractivity contribution in [3.8, 4) is 0 Å². The van der Waals surface area contributed by atoms with Gasteiger partial charge in [-0.15, -0.1) is 0 Å². The van der Waals surface area contributed by atoms with E-state index in [4.69, 9.17) is 5.11 Å². The molecule has 104 valence electrons. The number of aliphatic carboxylic acids is 1. The second kappa shape index (κ2) is 6.73. The lowest BCUT2D eigenvalue weighted by Gasteiger charge is -2.22. The molecule has 5 nitrogen and oxygen atoms in total. The Bertz CT molecular complexity index is 303. The van der Waals surface area contributed by atoms with Gasteiger partial charge in [-0.3, -0.25) is 9.59 Å². The molecule has 1 saturated carbocycles. The number of carbonyl (C=O) groups is 2. The minimum atomic E-state index is -0.892. The Labute approximate surface area is 108 Å². The maximum absolute atomic E-state index is 12.0. The second-order valence-corrected chi connectivity index (χ2v) is 5.50. The van der Waals surface area contributed by atoms with Gasteiger partial charge in [-0.05, 0) is 25.2 Å². The fourth-order valence-electron chi connectivity index (χ4n) is 2.63.